The largest absolute Gasteiger partial charge is 0.321 e. The van der Waals surface area contributed by atoms with E-state index >= 15 is 0 Å². The summed E-state index contributed by atoms with van der Waals surface area (Å²) < 4.78 is 66.4. The van der Waals surface area contributed by atoms with Crippen LogP contribution in [-0.4, -0.2) is 34.0 Å². The average Bonchev–Trinajstić information content (AvgIpc) is 3.16. The van der Waals surface area contributed by atoms with Gasteiger partial charge in [-0.25, -0.2) is 26.9 Å². The van der Waals surface area contributed by atoms with Crippen LogP contribution < -0.4 is 11.1 Å². The van der Waals surface area contributed by atoms with Crippen molar-refractivity contribution >= 4 is 69.3 Å². The number of Topliss-reactive ketones (excluding diaryl/α,β-unsaturated/α-hetero) is 2. The zero-order chi connectivity index (χ0) is 39.1. The second-order valence-electron chi connectivity index (χ2n) is 11.9. The van der Waals surface area contributed by atoms with Crippen molar-refractivity contribution in [2.45, 2.75) is 20.8 Å². The molecule has 4 aromatic carbocycles. The quantitative estimate of drug-likeness (QED) is 0.0394. The van der Waals surface area contributed by atoms with Gasteiger partial charge in [0, 0.05) is 45.5 Å². The zero-order valence-electron chi connectivity index (χ0n) is 30.3. The second-order valence-corrected chi connectivity index (χ2v) is 11.9. The summed E-state index contributed by atoms with van der Waals surface area (Å²) in [5, 5.41) is 0. The number of ketones is 2. The van der Waals surface area contributed by atoms with Gasteiger partial charge in [-0.15, -0.1) is 34.0 Å². The van der Waals surface area contributed by atoms with Gasteiger partial charge in [-0.3, -0.25) is 24.2 Å². The molecule has 6 rings (SSSR count). The van der Waals surface area contributed by atoms with E-state index in [-0.39, 0.29) is 73.7 Å². The third-order valence-electron chi connectivity index (χ3n) is 7.96. The first-order valence-corrected chi connectivity index (χ1v) is 16.1. The number of nitrogens with zero attached hydrogens (tertiary/aromatic N) is 2. The Morgan fingerprint density at radius 1 is 0.534 bits per heavy atom. The third kappa shape index (κ3) is 12.1. The van der Waals surface area contributed by atoms with Crippen LogP contribution in [0.5, 0.6) is 0 Å². The monoisotopic (exact) mass is 1010 g/mol. The fourth-order valence-corrected chi connectivity index (χ4v) is 5.38. The predicted octanol–water partition coefficient (Wildman–Crippen LogP) is 10.0. The predicted molar refractivity (Wildman–Crippen MR) is 217 cm³/mol. The Balaban J connectivity index is 0.000000544. The van der Waals surface area contributed by atoms with Crippen LogP contribution in [0.3, 0.4) is 0 Å². The van der Waals surface area contributed by atoms with Crippen molar-refractivity contribution in [1.82, 2.24) is 9.97 Å². The van der Waals surface area contributed by atoms with Crippen LogP contribution in [0.4, 0.5) is 33.3 Å². The Morgan fingerprint density at radius 3 is 1.24 bits per heavy atom. The molecule has 0 saturated carbocycles. The number of nitrogens with one attached hydrogen (secondary N) is 2. The number of rotatable bonds is 8. The number of benzene rings is 4. The van der Waals surface area contributed by atoms with Crippen molar-refractivity contribution in [2.24, 2.45) is 9.98 Å². The fraction of sp³-hybridized carbons (Fsp3) is 0.0732. The molecule has 8 nitrogen and oxygen atoms in total. The number of carbonyl (C=O) groups excluding carboxylic acids is 2. The molecule has 0 aliphatic heterocycles. The minimum atomic E-state index is -2.34. The molecule has 0 fully saturated rings. The number of H-pyrrole nitrogens is 2. The molecule has 0 spiro atoms. The van der Waals surface area contributed by atoms with E-state index in [1.54, 1.807) is 42.5 Å². The molecule has 6 aromatic rings. The molecule has 307 valence electrons. The number of aromatic nitrogens is 2. The summed E-state index contributed by atoms with van der Waals surface area (Å²) in [6, 6.07) is 28.1. The van der Waals surface area contributed by atoms with E-state index in [9.17, 15) is 41.1 Å². The van der Waals surface area contributed by atoms with Crippen molar-refractivity contribution in [1.29, 1.82) is 0 Å². The molecule has 0 atom stereocenters. The Hall–Kier alpha value is -4.89. The summed E-state index contributed by atoms with van der Waals surface area (Å²) in [5.74, 6) is -12.6. The molecule has 2 aromatic heterocycles. The third-order valence-corrected chi connectivity index (χ3v) is 7.96. The van der Waals surface area contributed by atoms with Crippen LogP contribution in [0.15, 0.2) is 117 Å². The summed E-state index contributed by atoms with van der Waals surface area (Å²) in [7, 11) is 0. The maximum atomic E-state index is 13.6. The van der Waals surface area contributed by atoms with Gasteiger partial charge in [-0.2, -0.15) is 0 Å². The Kier molecular flexibility index (Phi) is 20.2. The van der Waals surface area contributed by atoms with E-state index < -0.39 is 63.0 Å². The van der Waals surface area contributed by atoms with Gasteiger partial charge in [-0.1, -0.05) is 78.4 Å². The average molecular weight is 1020 g/mol. The number of pyridine rings is 2. The summed E-state index contributed by atoms with van der Waals surface area (Å²) in [5.41, 5.74) is 3.48. The first kappa shape index (κ1) is 51.1. The molecule has 0 aliphatic carbocycles. The van der Waals surface area contributed by atoms with Crippen molar-refractivity contribution in [3.63, 3.8) is 0 Å². The van der Waals surface area contributed by atoms with E-state index in [1.165, 1.54) is 12.3 Å². The van der Waals surface area contributed by atoms with E-state index in [2.05, 4.69) is 20.0 Å². The van der Waals surface area contributed by atoms with E-state index in [0.29, 0.717) is 23.2 Å². The minimum absolute atomic E-state index is 0. The standard InChI is InChI=1S/C22H20N2O2.C19H9F5N2O2.2BrH.Cu.Fe/c1-14-11-15(2)21(16(3)12-14)23-13-20(25)18-9-10-19(24-22(18)26)17-7-5-4-6-8-17;20-13-14(21)16(23)18(17(24)15(13)22)25-8-12(27)10-6-7-11(26-19(10)28)9-4-2-1-3-5-9;;;;/h4-13H,1-3H3,(H,24,26);1-8H,(H,26,28);2*1H;;. The van der Waals surface area contributed by atoms with Gasteiger partial charge in [-0.05, 0) is 67.3 Å². The molecule has 2 heterocycles. The Labute approximate surface area is 370 Å². The van der Waals surface area contributed by atoms with Gasteiger partial charge in [0.1, 0.15) is 5.69 Å². The molecule has 0 unspecified atom stereocenters. The number of hydrogen-bond acceptors (Lipinski definition) is 6. The van der Waals surface area contributed by atoms with Crippen LogP contribution in [0.1, 0.15) is 37.4 Å². The molecule has 17 heteroatoms. The number of halogens is 7. The molecule has 58 heavy (non-hydrogen) atoms. The molecule has 1 radical (unpaired) electrons. The number of aryl methyl sites for hydroxylation is 3. The van der Waals surface area contributed by atoms with Gasteiger partial charge in [0.2, 0.25) is 17.4 Å². The molecule has 0 saturated heterocycles. The second kappa shape index (κ2) is 22.9. The molecular formula is C41H31Br2CuF5FeN4O4. The fourth-order valence-electron chi connectivity index (χ4n) is 5.38. The smallest absolute Gasteiger partial charge is 0.259 e. The van der Waals surface area contributed by atoms with Crippen molar-refractivity contribution in [3.8, 4) is 22.5 Å². The molecule has 2 N–H and O–H groups in total. The number of aromatic amines is 2. The van der Waals surface area contributed by atoms with Crippen LogP contribution in [0.2, 0.25) is 0 Å². The summed E-state index contributed by atoms with van der Waals surface area (Å²) in [4.78, 5) is 61.5. The van der Waals surface area contributed by atoms with Crippen molar-refractivity contribution in [2.75, 3.05) is 0 Å². The SMILES string of the molecule is Br.Br.Cc1cc(C)c(N=CC(=O)c2ccc(-c3ccccc3)[nH]c2=O)c(C)c1.O=C(C=Nc1c(F)c(F)c(F)c(F)c1F)c1ccc(-c2ccccc2)[nH]c1=O.[Cu].[Fe]. The van der Waals surface area contributed by atoms with E-state index in [0.717, 1.165) is 34.0 Å². The Bertz CT molecular complexity index is 2540. The first-order valence-electron chi connectivity index (χ1n) is 16.1. The summed E-state index contributed by atoms with van der Waals surface area (Å²) >= 11 is 0. The molecule has 0 bridgehead atoms. The van der Waals surface area contributed by atoms with Gasteiger partial charge < -0.3 is 9.97 Å². The van der Waals surface area contributed by atoms with Gasteiger partial charge >= 0.3 is 0 Å². The Morgan fingerprint density at radius 2 is 0.879 bits per heavy atom. The van der Waals surface area contributed by atoms with Crippen molar-refractivity contribution < 1.29 is 65.7 Å². The minimum Gasteiger partial charge on any atom is -0.321 e. The van der Waals surface area contributed by atoms with Crippen LogP contribution in [0.25, 0.3) is 22.5 Å². The topological polar surface area (TPSA) is 125 Å². The zero-order valence-corrected chi connectivity index (χ0v) is 35.8. The number of carbonyl (C=O) groups is 2. The number of hydrogen-bond donors (Lipinski definition) is 2. The van der Waals surface area contributed by atoms with Gasteiger partial charge in [0.15, 0.2) is 23.3 Å². The van der Waals surface area contributed by atoms with Crippen LogP contribution in [0, 0.1) is 49.9 Å². The van der Waals surface area contributed by atoms with Crippen LogP contribution >= 0.6 is 34.0 Å². The first-order chi connectivity index (χ1) is 25.8. The van der Waals surface area contributed by atoms with Crippen LogP contribution in [-0.2, 0) is 34.1 Å². The van der Waals surface area contributed by atoms with Crippen molar-refractivity contribution in [3.05, 3.63) is 175 Å². The molecule has 0 aliphatic rings. The summed E-state index contributed by atoms with van der Waals surface area (Å²) in [6.45, 7) is 5.93. The van der Waals surface area contributed by atoms with Gasteiger partial charge in [0.25, 0.3) is 11.1 Å². The van der Waals surface area contributed by atoms with E-state index in [1.807, 2.05) is 63.2 Å². The molecular weight excluding hydrogens is 987 g/mol. The normalized spacial score (nSPS) is 10.3. The number of aliphatic imine (C=N–C) groups is 2. The maximum Gasteiger partial charge on any atom is 0.259 e. The summed E-state index contributed by atoms with van der Waals surface area (Å²) in [6.07, 6.45) is 1.53. The van der Waals surface area contributed by atoms with E-state index in [4.69, 9.17) is 0 Å². The maximum absolute atomic E-state index is 13.6. The van der Waals surface area contributed by atoms with Gasteiger partial charge in [0.05, 0.1) is 29.2 Å². The molecule has 0 amide bonds.